The second kappa shape index (κ2) is 4.43. The van der Waals surface area contributed by atoms with E-state index in [1.807, 2.05) is 11.3 Å². The van der Waals surface area contributed by atoms with Crippen molar-refractivity contribution in [3.8, 4) is 0 Å². The zero-order valence-electron chi connectivity index (χ0n) is 9.25. The molecule has 1 aromatic carbocycles. The maximum atomic E-state index is 3.84. The van der Waals surface area contributed by atoms with E-state index in [-0.39, 0.29) is 6.04 Å². The van der Waals surface area contributed by atoms with Gasteiger partial charge in [-0.2, -0.15) is 0 Å². The lowest BCUT2D eigenvalue weighted by atomic mass is 10.2. The summed E-state index contributed by atoms with van der Waals surface area (Å²) in [4.78, 5) is 1.33. The second-order valence-electron chi connectivity index (χ2n) is 3.83. The van der Waals surface area contributed by atoms with E-state index in [1.165, 1.54) is 26.5 Å². The van der Waals surface area contributed by atoms with Gasteiger partial charge in [-0.3, -0.25) is 0 Å². The number of hydrogen-bond donors (Lipinski definition) is 1. The van der Waals surface area contributed by atoms with Crippen LogP contribution in [0.25, 0.3) is 10.1 Å². The first-order valence-corrected chi connectivity index (χ1v) is 6.94. The van der Waals surface area contributed by atoms with Gasteiger partial charge in [-0.15, -0.1) is 16.4 Å². The molecule has 1 atom stereocenters. The molecule has 3 nitrogen and oxygen atoms in total. The van der Waals surface area contributed by atoms with Gasteiger partial charge in [0.25, 0.3) is 0 Å². The van der Waals surface area contributed by atoms with Crippen molar-refractivity contribution in [2.24, 2.45) is 0 Å². The number of rotatable bonds is 3. The van der Waals surface area contributed by atoms with Crippen LogP contribution in [0, 0.1) is 0 Å². The third-order valence-corrected chi connectivity index (χ3v) is 4.49. The van der Waals surface area contributed by atoms with Crippen molar-refractivity contribution in [1.29, 1.82) is 0 Å². The number of thiophene rings is 1. The summed E-state index contributed by atoms with van der Waals surface area (Å²) >= 11 is 3.21. The number of nitrogens with zero attached hydrogens (tertiary/aromatic N) is 2. The Hall–Kier alpha value is -1.46. The lowest BCUT2D eigenvalue weighted by Crippen LogP contribution is -2.02. The lowest BCUT2D eigenvalue weighted by molar-refractivity contribution is 0.913. The van der Waals surface area contributed by atoms with Crippen LogP contribution >= 0.6 is 22.9 Å². The number of benzene rings is 1. The molecule has 0 fully saturated rings. The van der Waals surface area contributed by atoms with Gasteiger partial charge in [-0.05, 0) is 24.4 Å². The summed E-state index contributed by atoms with van der Waals surface area (Å²) in [6.45, 7) is 2.16. The summed E-state index contributed by atoms with van der Waals surface area (Å²) < 4.78 is 5.18. The molecule has 1 N–H and O–H groups in total. The molecule has 0 radical (unpaired) electrons. The van der Waals surface area contributed by atoms with Gasteiger partial charge in [0.1, 0.15) is 5.00 Å². The molecule has 17 heavy (non-hydrogen) atoms. The number of nitrogens with one attached hydrogen (secondary N) is 1. The maximum absolute atomic E-state index is 3.84. The van der Waals surface area contributed by atoms with E-state index in [0.717, 1.165) is 5.00 Å². The highest BCUT2D eigenvalue weighted by Gasteiger charge is 2.10. The van der Waals surface area contributed by atoms with Crippen molar-refractivity contribution >= 4 is 38.0 Å². The molecule has 2 heterocycles. The van der Waals surface area contributed by atoms with Gasteiger partial charge < -0.3 is 5.32 Å². The molecule has 1 unspecified atom stereocenters. The minimum atomic E-state index is 0.287. The van der Waals surface area contributed by atoms with E-state index < -0.39 is 0 Å². The summed E-state index contributed by atoms with van der Waals surface area (Å²) in [5, 5.41) is 9.54. The highest BCUT2D eigenvalue weighted by atomic mass is 32.1. The number of aromatic nitrogens is 2. The molecule has 0 aliphatic heterocycles. The summed E-state index contributed by atoms with van der Waals surface area (Å²) in [5.74, 6) is 0. The largest absolute Gasteiger partial charge is 0.367 e. The quantitative estimate of drug-likeness (QED) is 0.776. The van der Waals surface area contributed by atoms with Crippen LogP contribution in [0.2, 0.25) is 0 Å². The predicted octanol–water partition coefficient (Wildman–Crippen LogP) is 3.93. The fourth-order valence-corrected chi connectivity index (χ4v) is 3.30. The normalized spacial score (nSPS) is 12.8. The van der Waals surface area contributed by atoms with Crippen LogP contribution in [0.15, 0.2) is 36.5 Å². The van der Waals surface area contributed by atoms with E-state index >= 15 is 0 Å². The van der Waals surface area contributed by atoms with Crippen LogP contribution in [-0.2, 0) is 0 Å². The first-order valence-electron chi connectivity index (χ1n) is 5.35. The van der Waals surface area contributed by atoms with Gasteiger partial charge in [-0.25, -0.2) is 0 Å². The van der Waals surface area contributed by atoms with Crippen molar-refractivity contribution in [2.45, 2.75) is 13.0 Å². The first kappa shape index (κ1) is 10.7. The van der Waals surface area contributed by atoms with E-state index in [1.54, 1.807) is 6.20 Å². The Bertz CT molecular complexity index is 583. The Balaban J connectivity index is 1.88. The van der Waals surface area contributed by atoms with Crippen molar-refractivity contribution in [3.63, 3.8) is 0 Å². The molecule has 0 aliphatic carbocycles. The highest BCUT2D eigenvalue weighted by Crippen LogP contribution is 2.31. The standard InChI is InChI=1S/C12H11N3S2/c1-8(14-12-7-13-15-17-12)11-6-9-4-2-3-5-10(9)16-11/h2-8,14H,1H3. The van der Waals surface area contributed by atoms with Gasteiger partial charge >= 0.3 is 0 Å². The fraction of sp³-hybridized carbons (Fsp3) is 0.167. The van der Waals surface area contributed by atoms with Gasteiger partial charge in [0.15, 0.2) is 0 Å². The molecule has 0 bridgehead atoms. The number of fused-ring (bicyclic) bond motifs is 1. The van der Waals surface area contributed by atoms with Crippen LogP contribution in [0.5, 0.6) is 0 Å². The number of hydrogen-bond acceptors (Lipinski definition) is 5. The third kappa shape index (κ3) is 2.16. The topological polar surface area (TPSA) is 37.8 Å². The van der Waals surface area contributed by atoms with Crippen LogP contribution in [0.4, 0.5) is 5.00 Å². The summed E-state index contributed by atoms with van der Waals surface area (Å²) in [6.07, 6.45) is 1.76. The molecule has 0 saturated carbocycles. The van der Waals surface area contributed by atoms with Crippen molar-refractivity contribution in [1.82, 2.24) is 9.59 Å². The maximum Gasteiger partial charge on any atom is 0.130 e. The van der Waals surface area contributed by atoms with Crippen LogP contribution in [0.3, 0.4) is 0 Å². The minimum absolute atomic E-state index is 0.287. The minimum Gasteiger partial charge on any atom is -0.367 e. The van der Waals surface area contributed by atoms with E-state index in [2.05, 4.69) is 52.2 Å². The number of anilines is 1. The van der Waals surface area contributed by atoms with Gasteiger partial charge in [0.2, 0.25) is 0 Å². The van der Waals surface area contributed by atoms with Gasteiger partial charge in [-0.1, -0.05) is 22.7 Å². The molecule has 3 aromatic rings. The molecule has 86 valence electrons. The Morgan fingerprint density at radius 2 is 2.18 bits per heavy atom. The monoisotopic (exact) mass is 261 g/mol. The molecule has 2 aromatic heterocycles. The molecule has 0 saturated heterocycles. The van der Waals surface area contributed by atoms with Gasteiger partial charge in [0, 0.05) is 21.1 Å². The van der Waals surface area contributed by atoms with Crippen molar-refractivity contribution in [3.05, 3.63) is 41.4 Å². The zero-order valence-corrected chi connectivity index (χ0v) is 10.9. The van der Waals surface area contributed by atoms with E-state index in [4.69, 9.17) is 0 Å². The summed E-state index contributed by atoms with van der Waals surface area (Å²) in [7, 11) is 0. The van der Waals surface area contributed by atoms with Gasteiger partial charge in [0.05, 0.1) is 12.2 Å². The smallest absolute Gasteiger partial charge is 0.130 e. The highest BCUT2D eigenvalue weighted by molar-refractivity contribution is 7.19. The Labute approximate surface area is 107 Å². The fourth-order valence-electron chi connectivity index (χ4n) is 1.73. The molecular weight excluding hydrogens is 250 g/mol. The molecule has 0 aliphatic rings. The SMILES string of the molecule is CC(Nc1cnns1)c1cc2ccccc2s1. The van der Waals surface area contributed by atoms with Crippen LogP contribution < -0.4 is 5.32 Å². The average Bonchev–Trinajstić information content (AvgIpc) is 2.96. The summed E-state index contributed by atoms with van der Waals surface area (Å²) in [5.41, 5.74) is 0. The molecule has 3 rings (SSSR count). The Morgan fingerprint density at radius 3 is 2.94 bits per heavy atom. The van der Waals surface area contributed by atoms with E-state index in [0.29, 0.717) is 0 Å². The van der Waals surface area contributed by atoms with Crippen molar-refractivity contribution < 1.29 is 0 Å². The van der Waals surface area contributed by atoms with Crippen LogP contribution in [-0.4, -0.2) is 9.59 Å². The van der Waals surface area contributed by atoms with Crippen LogP contribution in [0.1, 0.15) is 17.8 Å². The summed E-state index contributed by atoms with van der Waals surface area (Å²) in [6, 6.07) is 11.0. The second-order valence-corrected chi connectivity index (χ2v) is 5.74. The molecule has 0 amide bonds. The molecule has 0 spiro atoms. The Kier molecular flexibility index (Phi) is 2.78. The average molecular weight is 261 g/mol. The zero-order chi connectivity index (χ0) is 11.7. The van der Waals surface area contributed by atoms with Crippen molar-refractivity contribution in [2.75, 3.05) is 5.32 Å². The molecular formula is C12H11N3S2. The Morgan fingerprint density at radius 1 is 1.29 bits per heavy atom. The predicted molar refractivity (Wildman–Crippen MR) is 73.8 cm³/mol. The molecule has 5 heteroatoms. The third-order valence-electron chi connectivity index (χ3n) is 2.59. The van der Waals surface area contributed by atoms with E-state index in [9.17, 15) is 0 Å². The lowest BCUT2D eigenvalue weighted by Gasteiger charge is -2.09. The first-order chi connectivity index (χ1) is 8.33.